The summed E-state index contributed by atoms with van der Waals surface area (Å²) in [6.07, 6.45) is 2.50. The van der Waals surface area contributed by atoms with Crippen LogP contribution in [0, 0.1) is 5.82 Å². The maximum atomic E-state index is 14.8. The lowest BCUT2D eigenvalue weighted by molar-refractivity contribution is 0.414. The van der Waals surface area contributed by atoms with Gasteiger partial charge in [0.2, 0.25) is 5.88 Å². The van der Waals surface area contributed by atoms with Gasteiger partial charge in [-0.05, 0) is 47.9 Å². The van der Waals surface area contributed by atoms with Gasteiger partial charge in [0.15, 0.2) is 0 Å². The van der Waals surface area contributed by atoms with Crippen LogP contribution in [0.5, 0.6) is 0 Å². The third kappa shape index (κ3) is 2.93. The van der Waals surface area contributed by atoms with Gasteiger partial charge in [-0.2, -0.15) is 0 Å². The van der Waals surface area contributed by atoms with Crippen molar-refractivity contribution in [1.82, 2.24) is 5.16 Å². The van der Waals surface area contributed by atoms with E-state index in [2.05, 4.69) is 5.16 Å². The van der Waals surface area contributed by atoms with Gasteiger partial charge in [0.1, 0.15) is 5.82 Å². The molecule has 0 aliphatic heterocycles. The second-order valence-corrected chi connectivity index (χ2v) is 6.85. The molecule has 1 unspecified atom stereocenters. The Morgan fingerprint density at radius 1 is 1.08 bits per heavy atom. The van der Waals surface area contributed by atoms with Crippen LogP contribution in [0.25, 0.3) is 11.1 Å². The molecule has 1 heterocycles. The van der Waals surface area contributed by atoms with E-state index in [9.17, 15) is 4.39 Å². The van der Waals surface area contributed by atoms with Crippen LogP contribution in [0.2, 0.25) is 0 Å². The summed E-state index contributed by atoms with van der Waals surface area (Å²) in [7, 11) is 3.89. The first-order chi connectivity index (χ1) is 12.1. The normalized spacial score (nSPS) is 16.5. The van der Waals surface area contributed by atoms with Gasteiger partial charge in [0.25, 0.3) is 0 Å². The maximum Gasteiger partial charge on any atom is 0.230 e. The molecule has 0 bridgehead atoms. The Morgan fingerprint density at radius 2 is 1.88 bits per heavy atom. The van der Waals surface area contributed by atoms with Crippen molar-refractivity contribution in [1.29, 1.82) is 0 Å². The number of aromatic nitrogens is 1. The minimum atomic E-state index is -0.127. The number of hydrogen-bond acceptors (Lipinski definition) is 3. The fourth-order valence-corrected chi connectivity index (χ4v) is 3.68. The van der Waals surface area contributed by atoms with Crippen molar-refractivity contribution in [2.45, 2.75) is 25.2 Å². The molecule has 1 aliphatic rings. The quantitative estimate of drug-likeness (QED) is 0.687. The summed E-state index contributed by atoms with van der Waals surface area (Å²) < 4.78 is 20.3. The van der Waals surface area contributed by atoms with Gasteiger partial charge in [-0.1, -0.05) is 47.6 Å². The summed E-state index contributed by atoms with van der Waals surface area (Å²) in [4.78, 5) is 1.93. The number of anilines is 1. The number of halogens is 1. The fraction of sp³-hybridized carbons (Fsp3) is 0.286. The number of nitrogens with zero attached hydrogens (tertiary/aromatic N) is 2. The molecule has 128 valence electrons. The van der Waals surface area contributed by atoms with E-state index in [1.165, 1.54) is 0 Å². The zero-order valence-electron chi connectivity index (χ0n) is 14.5. The molecule has 2 aromatic carbocycles. The van der Waals surface area contributed by atoms with Crippen LogP contribution in [0.15, 0.2) is 53.1 Å². The molecule has 1 atom stereocenters. The maximum absolute atomic E-state index is 14.8. The lowest BCUT2D eigenvalue weighted by Gasteiger charge is -2.23. The van der Waals surface area contributed by atoms with E-state index in [1.54, 1.807) is 6.07 Å². The number of fused-ring (bicyclic) bond motifs is 1. The van der Waals surface area contributed by atoms with Crippen molar-refractivity contribution in [3.8, 4) is 11.1 Å². The summed E-state index contributed by atoms with van der Waals surface area (Å²) in [5.74, 6) is 0.828. The molecule has 4 heteroatoms. The molecule has 1 aromatic heterocycles. The minimum absolute atomic E-state index is 0.127. The summed E-state index contributed by atoms with van der Waals surface area (Å²) in [6.45, 7) is 0. The molecule has 0 N–H and O–H groups in total. The van der Waals surface area contributed by atoms with Gasteiger partial charge in [-0.25, -0.2) is 4.39 Å². The average Bonchev–Trinajstić information content (AvgIpc) is 3.06. The molecule has 25 heavy (non-hydrogen) atoms. The Kier molecular flexibility index (Phi) is 4.04. The predicted octanol–water partition coefficient (Wildman–Crippen LogP) is 4.82. The van der Waals surface area contributed by atoms with Crippen LogP contribution < -0.4 is 4.90 Å². The molecule has 0 saturated carbocycles. The summed E-state index contributed by atoms with van der Waals surface area (Å²) in [6, 6.07) is 15.5. The summed E-state index contributed by atoms with van der Waals surface area (Å²) in [5.41, 5.74) is 4.87. The molecule has 4 rings (SSSR count). The van der Waals surface area contributed by atoms with E-state index < -0.39 is 0 Å². The summed E-state index contributed by atoms with van der Waals surface area (Å²) >= 11 is 0. The third-order valence-electron chi connectivity index (χ3n) is 4.98. The van der Waals surface area contributed by atoms with Gasteiger partial charge in [-0.3, -0.25) is 0 Å². The van der Waals surface area contributed by atoms with Gasteiger partial charge in [0, 0.05) is 19.7 Å². The van der Waals surface area contributed by atoms with Gasteiger partial charge < -0.3 is 9.42 Å². The average molecular weight is 336 g/mol. The lowest BCUT2D eigenvalue weighted by atomic mass is 9.82. The number of benzene rings is 2. The van der Waals surface area contributed by atoms with Gasteiger partial charge >= 0.3 is 0 Å². The molecular weight excluding hydrogens is 315 g/mol. The number of aryl methyl sites for hydroxylation is 1. The monoisotopic (exact) mass is 336 g/mol. The van der Waals surface area contributed by atoms with Crippen LogP contribution in [-0.4, -0.2) is 19.3 Å². The van der Waals surface area contributed by atoms with Gasteiger partial charge in [-0.15, -0.1) is 0 Å². The van der Waals surface area contributed by atoms with Gasteiger partial charge in [0.05, 0.1) is 5.69 Å². The lowest BCUT2D eigenvalue weighted by Crippen LogP contribution is -2.17. The Labute approximate surface area is 147 Å². The first kappa shape index (κ1) is 15.9. The highest BCUT2D eigenvalue weighted by Crippen LogP contribution is 2.38. The van der Waals surface area contributed by atoms with E-state index in [-0.39, 0.29) is 11.7 Å². The van der Waals surface area contributed by atoms with Crippen molar-refractivity contribution < 1.29 is 8.91 Å². The number of hydrogen-bond donors (Lipinski definition) is 0. The van der Waals surface area contributed by atoms with Crippen molar-refractivity contribution in [3.63, 3.8) is 0 Å². The first-order valence-corrected chi connectivity index (χ1v) is 8.63. The summed E-state index contributed by atoms with van der Waals surface area (Å²) in [5, 5.41) is 4.17. The van der Waals surface area contributed by atoms with Crippen molar-refractivity contribution in [3.05, 3.63) is 71.2 Å². The minimum Gasteiger partial charge on any atom is -0.347 e. The smallest absolute Gasteiger partial charge is 0.230 e. The Balaban J connectivity index is 1.63. The molecule has 0 radical (unpaired) electrons. The van der Waals surface area contributed by atoms with Crippen molar-refractivity contribution in [2.75, 3.05) is 19.0 Å². The van der Waals surface area contributed by atoms with E-state index in [1.807, 2.05) is 61.5 Å². The second-order valence-electron chi connectivity index (χ2n) is 6.85. The largest absolute Gasteiger partial charge is 0.347 e. The van der Waals surface area contributed by atoms with Crippen LogP contribution in [0.1, 0.15) is 29.2 Å². The standard InChI is InChI=1S/C21H21FN2O/c1-24(2)21-18-12-16(9-11-20(18)23-25-21)17-10-8-15(13-19(17)22)14-6-4-3-5-7-14/h3-8,10,13,16H,9,11-12H2,1-2H3. The molecular formula is C21H21FN2O. The van der Waals surface area contributed by atoms with Crippen LogP contribution in [0.4, 0.5) is 10.3 Å². The molecule has 3 nitrogen and oxygen atoms in total. The van der Waals surface area contributed by atoms with E-state index >= 15 is 0 Å². The Morgan fingerprint density at radius 3 is 2.60 bits per heavy atom. The Hall–Kier alpha value is -2.62. The van der Waals surface area contributed by atoms with Crippen LogP contribution in [0.3, 0.4) is 0 Å². The van der Waals surface area contributed by atoms with Crippen molar-refractivity contribution >= 4 is 5.88 Å². The van der Waals surface area contributed by atoms with E-state index in [4.69, 9.17) is 4.52 Å². The molecule has 0 saturated heterocycles. The van der Waals surface area contributed by atoms with Crippen molar-refractivity contribution in [2.24, 2.45) is 0 Å². The second kappa shape index (κ2) is 6.36. The highest BCUT2D eigenvalue weighted by atomic mass is 19.1. The molecule has 0 amide bonds. The molecule has 1 aliphatic carbocycles. The molecule has 0 fully saturated rings. The van der Waals surface area contributed by atoms with Crippen LogP contribution >= 0.6 is 0 Å². The first-order valence-electron chi connectivity index (χ1n) is 8.63. The topological polar surface area (TPSA) is 29.3 Å². The zero-order valence-corrected chi connectivity index (χ0v) is 14.5. The predicted molar refractivity (Wildman–Crippen MR) is 97.4 cm³/mol. The highest BCUT2D eigenvalue weighted by Gasteiger charge is 2.28. The third-order valence-corrected chi connectivity index (χ3v) is 4.98. The number of rotatable bonds is 3. The highest BCUT2D eigenvalue weighted by molar-refractivity contribution is 5.64. The van der Waals surface area contributed by atoms with Crippen LogP contribution in [-0.2, 0) is 12.8 Å². The molecule has 0 spiro atoms. The fourth-order valence-electron chi connectivity index (χ4n) is 3.68. The Bertz CT molecular complexity index is 886. The zero-order chi connectivity index (χ0) is 17.4. The van der Waals surface area contributed by atoms with E-state index in [0.717, 1.165) is 53.1 Å². The SMILES string of the molecule is CN(C)c1onc2c1CC(c1ccc(-c3ccccc3)cc1F)CC2. The van der Waals surface area contributed by atoms with E-state index in [0.29, 0.717) is 0 Å². The molecule has 3 aromatic rings.